The van der Waals surface area contributed by atoms with Crippen LogP contribution in [0.15, 0.2) is 29.2 Å². The molecule has 0 radical (unpaired) electrons. The van der Waals surface area contributed by atoms with Crippen LogP contribution >= 0.6 is 11.3 Å². The number of imide groups is 1. The van der Waals surface area contributed by atoms with Gasteiger partial charge in [-0.15, -0.1) is 11.3 Å². The second kappa shape index (κ2) is 10.5. The highest BCUT2D eigenvalue weighted by atomic mass is 32.2. The van der Waals surface area contributed by atoms with E-state index in [9.17, 15) is 22.8 Å². The molecule has 2 atom stereocenters. The molecule has 1 aromatic heterocycles. The minimum atomic E-state index is -3.72. The number of urea groups is 1. The van der Waals surface area contributed by atoms with Crippen LogP contribution in [0.2, 0.25) is 0 Å². The lowest BCUT2D eigenvalue weighted by atomic mass is 9.65. The molecule has 2 aliphatic heterocycles. The maximum atomic E-state index is 13.6. The van der Waals surface area contributed by atoms with Crippen molar-refractivity contribution >= 4 is 44.2 Å². The van der Waals surface area contributed by atoms with Gasteiger partial charge in [-0.05, 0) is 80.2 Å². The zero-order valence-electron chi connectivity index (χ0n) is 24.2. The van der Waals surface area contributed by atoms with Crippen LogP contribution < -0.4 is 16.4 Å². The number of sulfonamides is 1. The number of thiophene rings is 1. The molecule has 5 rings (SSSR count). The molecule has 1 saturated carbocycles. The summed E-state index contributed by atoms with van der Waals surface area (Å²) >= 11 is 1.30. The highest BCUT2D eigenvalue weighted by Crippen LogP contribution is 2.53. The number of nitrogens with zero attached hydrogens (tertiary/aromatic N) is 2. The lowest BCUT2D eigenvalue weighted by molar-refractivity contribution is 0.0965. The van der Waals surface area contributed by atoms with E-state index in [0.717, 1.165) is 36.2 Å². The lowest BCUT2D eigenvalue weighted by Crippen LogP contribution is -2.38. The minimum Gasteiger partial charge on any atom is -0.351 e. The third kappa shape index (κ3) is 5.79. The zero-order chi connectivity index (χ0) is 29.9. The standard InChI is InChI=1S/C29H39N5O5S2/c1-17(2)33-11-10-21-22(14-33)40-26(23(21)25(36)32-27(30)37)31-24(35)18-6-8-20(9-7-18)41(38,39)34-16-29(5)13-19(34)12-28(3,4)15-29/h6-9,17,19H,10-16H2,1-5H3,(H,31,35)(H3,30,32,36,37). The predicted molar refractivity (Wildman–Crippen MR) is 158 cm³/mol. The first kappa shape index (κ1) is 29.7. The van der Waals surface area contributed by atoms with Crippen LogP contribution in [0.3, 0.4) is 0 Å². The molecule has 0 spiro atoms. The van der Waals surface area contributed by atoms with E-state index in [4.69, 9.17) is 5.73 Å². The van der Waals surface area contributed by atoms with E-state index in [2.05, 4.69) is 50.2 Å². The second-order valence-electron chi connectivity index (χ2n) is 13.1. The van der Waals surface area contributed by atoms with Gasteiger partial charge in [0, 0.05) is 42.2 Å². The number of amides is 4. The Hall–Kier alpha value is -2.80. The number of anilines is 1. The summed E-state index contributed by atoms with van der Waals surface area (Å²) in [5.41, 5.74) is 6.56. The molecular formula is C29H39N5O5S2. The molecule has 222 valence electrons. The molecular weight excluding hydrogens is 562 g/mol. The largest absolute Gasteiger partial charge is 0.351 e. The van der Waals surface area contributed by atoms with Gasteiger partial charge >= 0.3 is 6.03 Å². The highest BCUT2D eigenvalue weighted by Gasteiger charge is 2.53. The first-order valence-electron chi connectivity index (χ1n) is 14.0. The molecule has 1 aliphatic carbocycles. The van der Waals surface area contributed by atoms with Gasteiger partial charge in [0.2, 0.25) is 10.0 Å². The summed E-state index contributed by atoms with van der Waals surface area (Å²) in [5.74, 6) is -1.13. The number of hydrogen-bond acceptors (Lipinski definition) is 7. The van der Waals surface area contributed by atoms with Gasteiger partial charge in [0.25, 0.3) is 11.8 Å². The first-order chi connectivity index (χ1) is 19.1. The Kier molecular flexibility index (Phi) is 7.59. The van der Waals surface area contributed by atoms with E-state index >= 15 is 0 Å². The number of hydrogen-bond donors (Lipinski definition) is 3. The van der Waals surface area contributed by atoms with Crippen molar-refractivity contribution in [3.8, 4) is 0 Å². The average molecular weight is 602 g/mol. The summed E-state index contributed by atoms with van der Waals surface area (Å²) < 4.78 is 28.9. The van der Waals surface area contributed by atoms with Gasteiger partial charge in [0.15, 0.2) is 0 Å². The van der Waals surface area contributed by atoms with Gasteiger partial charge < -0.3 is 11.1 Å². The molecule has 1 saturated heterocycles. The normalized spacial score (nSPS) is 24.2. The second-order valence-corrected chi connectivity index (χ2v) is 16.1. The van der Waals surface area contributed by atoms with Crippen LogP contribution in [0.4, 0.5) is 9.80 Å². The summed E-state index contributed by atoms with van der Waals surface area (Å²) in [6.45, 7) is 12.7. The number of carbonyl (C=O) groups is 3. The fraction of sp³-hybridized carbons (Fsp3) is 0.552. The van der Waals surface area contributed by atoms with Gasteiger partial charge in [-0.25, -0.2) is 13.2 Å². The average Bonchev–Trinajstić information content (AvgIpc) is 3.35. The number of nitrogens with two attached hydrogens (primary N) is 1. The maximum absolute atomic E-state index is 13.6. The van der Waals surface area contributed by atoms with Crippen LogP contribution in [0, 0.1) is 10.8 Å². The number of primary amides is 1. The SMILES string of the molecule is CC(C)N1CCc2c(sc(NC(=O)c3ccc(S(=O)(=O)N4CC5(C)CC4CC(C)(C)C5)cc3)c2C(=O)NC(N)=O)C1. The van der Waals surface area contributed by atoms with Crippen molar-refractivity contribution in [1.82, 2.24) is 14.5 Å². The van der Waals surface area contributed by atoms with Gasteiger partial charge in [-0.3, -0.25) is 19.8 Å². The molecule has 2 fully saturated rings. The summed E-state index contributed by atoms with van der Waals surface area (Å²) in [5, 5.41) is 5.29. The molecule has 2 aromatic rings. The summed E-state index contributed by atoms with van der Waals surface area (Å²) in [6, 6.07) is 5.25. The van der Waals surface area contributed by atoms with Crippen molar-refractivity contribution < 1.29 is 22.8 Å². The van der Waals surface area contributed by atoms with Crippen molar-refractivity contribution in [1.29, 1.82) is 0 Å². The van der Waals surface area contributed by atoms with Crippen LogP contribution in [-0.4, -0.2) is 60.6 Å². The van der Waals surface area contributed by atoms with Gasteiger partial charge in [-0.1, -0.05) is 20.8 Å². The van der Waals surface area contributed by atoms with Gasteiger partial charge in [0.05, 0.1) is 10.5 Å². The molecule has 3 heterocycles. The topological polar surface area (TPSA) is 142 Å². The van der Waals surface area contributed by atoms with Crippen molar-refractivity contribution in [3.05, 3.63) is 45.8 Å². The Morgan fingerprint density at radius 1 is 1.07 bits per heavy atom. The summed E-state index contributed by atoms with van der Waals surface area (Å²) in [4.78, 5) is 41.0. The molecule has 12 heteroatoms. The maximum Gasteiger partial charge on any atom is 0.319 e. The molecule has 1 aromatic carbocycles. The number of fused-ring (bicyclic) bond motifs is 3. The van der Waals surface area contributed by atoms with Crippen LogP contribution in [0.25, 0.3) is 0 Å². The van der Waals surface area contributed by atoms with Crippen molar-refractivity contribution in [2.75, 3.05) is 18.4 Å². The van der Waals surface area contributed by atoms with Crippen LogP contribution in [-0.2, 0) is 23.0 Å². The molecule has 4 N–H and O–H groups in total. The lowest BCUT2D eigenvalue weighted by Gasteiger charge is -2.39. The van der Waals surface area contributed by atoms with Crippen molar-refractivity contribution in [2.45, 2.75) is 83.8 Å². The zero-order valence-corrected chi connectivity index (χ0v) is 25.9. The molecule has 10 nitrogen and oxygen atoms in total. The Morgan fingerprint density at radius 3 is 2.39 bits per heavy atom. The number of nitrogens with one attached hydrogen (secondary N) is 2. The third-order valence-corrected chi connectivity index (χ3v) is 11.6. The third-order valence-electron chi connectivity index (χ3n) is 8.60. The van der Waals surface area contributed by atoms with E-state index in [1.165, 1.54) is 35.6 Å². The fourth-order valence-electron chi connectivity index (χ4n) is 7.14. The Bertz CT molecular complexity index is 1500. The quantitative estimate of drug-likeness (QED) is 0.454. The Balaban J connectivity index is 1.37. The van der Waals surface area contributed by atoms with E-state index in [0.29, 0.717) is 30.6 Å². The summed E-state index contributed by atoms with van der Waals surface area (Å²) in [7, 11) is -3.72. The molecule has 4 amide bonds. The minimum absolute atomic E-state index is 0.0295. The Labute approximate surface area is 245 Å². The molecule has 2 bridgehead atoms. The Morgan fingerprint density at radius 2 is 1.76 bits per heavy atom. The van der Waals surface area contributed by atoms with Crippen LogP contribution in [0.1, 0.15) is 85.0 Å². The number of benzene rings is 1. The molecule has 41 heavy (non-hydrogen) atoms. The van der Waals surface area contributed by atoms with Crippen molar-refractivity contribution in [3.63, 3.8) is 0 Å². The van der Waals surface area contributed by atoms with Gasteiger partial charge in [-0.2, -0.15) is 4.31 Å². The van der Waals surface area contributed by atoms with E-state index in [1.807, 2.05) is 0 Å². The number of carbonyl (C=O) groups excluding carboxylic acids is 3. The number of rotatable bonds is 6. The fourth-order valence-corrected chi connectivity index (χ4v) is 10.2. The summed E-state index contributed by atoms with van der Waals surface area (Å²) in [6.07, 6.45) is 3.28. The van der Waals surface area contributed by atoms with E-state index in [1.54, 1.807) is 4.31 Å². The monoisotopic (exact) mass is 601 g/mol. The van der Waals surface area contributed by atoms with Crippen LogP contribution in [0.5, 0.6) is 0 Å². The molecule has 3 aliphatic rings. The predicted octanol–water partition coefficient (Wildman–Crippen LogP) is 4.16. The first-order valence-corrected chi connectivity index (χ1v) is 16.3. The smallest absolute Gasteiger partial charge is 0.319 e. The molecule has 2 unspecified atom stereocenters. The highest BCUT2D eigenvalue weighted by molar-refractivity contribution is 7.89. The van der Waals surface area contributed by atoms with Crippen molar-refractivity contribution in [2.24, 2.45) is 16.6 Å². The van der Waals surface area contributed by atoms with Gasteiger partial charge in [0.1, 0.15) is 5.00 Å². The van der Waals surface area contributed by atoms with E-state index < -0.39 is 27.9 Å². The van der Waals surface area contributed by atoms with E-state index in [-0.39, 0.29) is 32.9 Å².